The summed E-state index contributed by atoms with van der Waals surface area (Å²) in [6.45, 7) is 2.88. The first-order chi connectivity index (χ1) is 14.2. The number of fused-ring (bicyclic) bond motifs is 1. The third kappa shape index (κ3) is 4.58. The van der Waals surface area contributed by atoms with E-state index in [1.54, 1.807) is 13.3 Å². The van der Waals surface area contributed by atoms with Crippen LogP contribution in [-0.2, 0) is 11.2 Å². The lowest BCUT2D eigenvalue weighted by molar-refractivity contribution is 0.116. The Hall–Kier alpha value is -3.31. The van der Waals surface area contributed by atoms with Gasteiger partial charge in [0.15, 0.2) is 0 Å². The topological polar surface area (TPSA) is 62.0 Å². The molecule has 2 heterocycles. The minimum Gasteiger partial charge on any atom is -0.385 e. The summed E-state index contributed by atoms with van der Waals surface area (Å²) >= 11 is 0. The predicted molar refractivity (Wildman–Crippen MR) is 120 cm³/mol. The number of methoxy groups -OCH3 is 1. The Balaban J connectivity index is 1.33. The van der Waals surface area contributed by atoms with Crippen LogP contribution in [0, 0.1) is 0 Å². The highest BCUT2D eigenvalue weighted by molar-refractivity contribution is 5.83. The number of nitrogens with one attached hydrogen (secondary N) is 3. The van der Waals surface area contributed by atoms with Gasteiger partial charge in [0.2, 0.25) is 0 Å². The van der Waals surface area contributed by atoms with Gasteiger partial charge in [-0.25, -0.2) is 0 Å². The fourth-order valence-electron chi connectivity index (χ4n) is 3.39. The van der Waals surface area contributed by atoms with Crippen LogP contribution in [0.25, 0.3) is 10.9 Å². The van der Waals surface area contributed by atoms with E-state index in [9.17, 15) is 0 Å². The molecule has 148 valence electrons. The quantitative estimate of drug-likeness (QED) is 0.365. The van der Waals surface area contributed by atoms with Crippen molar-refractivity contribution in [2.24, 2.45) is 0 Å². The Morgan fingerprint density at radius 3 is 2.62 bits per heavy atom. The third-order valence-corrected chi connectivity index (χ3v) is 5.12. The van der Waals surface area contributed by atoms with Crippen LogP contribution in [0.3, 0.4) is 0 Å². The number of H-pyrrole nitrogens is 1. The van der Waals surface area contributed by atoms with Gasteiger partial charge in [0.1, 0.15) is 0 Å². The zero-order chi connectivity index (χ0) is 20.1. The molecule has 4 rings (SSSR count). The van der Waals surface area contributed by atoms with E-state index >= 15 is 0 Å². The molecule has 3 N–H and O–H groups in total. The number of nitrogens with zero attached hydrogens (tertiary/aromatic N) is 1. The van der Waals surface area contributed by atoms with Crippen LogP contribution < -0.4 is 10.6 Å². The van der Waals surface area contributed by atoms with Crippen molar-refractivity contribution >= 4 is 28.0 Å². The van der Waals surface area contributed by atoms with Crippen molar-refractivity contribution in [2.45, 2.75) is 19.4 Å². The summed E-state index contributed by atoms with van der Waals surface area (Å²) in [5.41, 5.74) is 6.59. The number of aromatic amines is 1. The molecule has 29 heavy (non-hydrogen) atoms. The van der Waals surface area contributed by atoms with Crippen molar-refractivity contribution in [3.63, 3.8) is 0 Å². The number of hydrogen-bond donors (Lipinski definition) is 3. The van der Waals surface area contributed by atoms with Crippen LogP contribution in [0.1, 0.15) is 24.3 Å². The molecule has 1 atom stereocenters. The highest BCUT2D eigenvalue weighted by atomic mass is 16.5. The monoisotopic (exact) mass is 386 g/mol. The molecule has 4 aromatic rings. The number of ether oxygens (including phenoxy) is 1. The first kappa shape index (κ1) is 19.0. The van der Waals surface area contributed by atoms with Crippen molar-refractivity contribution in [1.82, 2.24) is 9.97 Å². The van der Waals surface area contributed by atoms with E-state index in [2.05, 4.69) is 75.3 Å². The van der Waals surface area contributed by atoms with Gasteiger partial charge in [0, 0.05) is 54.0 Å². The summed E-state index contributed by atoms with van der Waals surface area (Å²) in [4.78, 5) is 7.70. The molecule has 0 unspecified atom stereocenters. The van der Waals surface area contributed by atoms with Crippen LogP contribution in [0.2, 0.25) is 0 Å². The molecule has 0 aliphatic carbocycles. The van der Waals surface area contributed by atoms with Crippen molar-refractivity contribution < 1.29 is 4.74 Å². The minimum absolute atomic E-state index is 0.0273. The molecule has 2 aromatic carbocycles. The molecule has 0 radical (unpaired) electrons. The zero-order valence-corrected chi connectivity index (χ0v) is 16.8. The van der Waals surface area contributed by atoms with Gasteiger partial charge in [-0.1, -0.05) is 18.2 Å². The van der Waals surface area contributed by atoms with E-state index in [0.717, 1.165) is 35.7 Å². The molecule has 5 heteroatoms. The van der Waals surface area contributed by atoms with E-state index < -0.39 is 0 Å². The Morgan fingerprint density at radius 1 is 1.00 bits per heavy atom. The summed E-state index contributed by atoms with van der Waals surface area (Å²) < 4.78 is 5.34. The Bertz CT molecular complexity index is 1070. The first-order valence-corrected chi connectivity index (χ1v) is 9.87. The summed E-state index contributed by atoms with van der Waals surface area (Å²) in [5.74, 6) is 0. The van der Waals surface area contributed by atoms with Crippen molar-refractivity contribution in [3.8, 4) is 0 Å². The summed E-state index contributed by atoms with van der Waals surface area (Å²) in [6.07, 6.45) is 4.85. The number of para-hydroxylation sites is 1. The lowest BCUT2D eigenvalue weighted by atomic mass is 10.1. The summed E-state index contributed by atoms with van der Waals surface area (Å²) in [5, 5.41) is 8.22. The standard InChI is InChI=1S/C24H26N4O/c1-17(29-2)24-15-21(12-14-26-24)28-20-9-7-19(8-10-20)25-13-11-18-16-27-23-6-4-3-5-22(18)23/h3-10,12,14-17,25,27H,11,13H2,1-2H3,(H,26,28)/t17-/m0/s1. The van der Waals surface area contributed by atoms with Gasteiger partial charge in [-0.3, -0.25) is 4.98 Å². The fourth-order valence-corrected chi connectivity index (χ4v) is 3.39. The maximum atomic E-state index is 5.34. The number of hydrogen-bond acceptors (Lipinski definition) is 4. The highest BCUT2D eigenvalue weighted by Crippen LogP contribution is 2.22. The first-order valence-electron chi connectivity index (χ1n) is 9.87. The van der Waals surface area contributed by atoms with Crippen LogP contribution in [0.4, 0.5) is 17.1 Å². The molecule has 0 bridgehead atoms. The van der Waals surface area contributed by atoms with E-state index in [-0.39, 0.29) is 6.10 Å². The smallest absolute Gasteiger partial charge is 0.0963 e. The van der Waals surface area contributed by atoms with E-state index in [4.69, 9.17) is 4.74 Å². The van der Waals surface area contributed by atoms with Gasteiger partial charge in [-0.15, -0.1) is 0 Å². The van der Waals surface area contributed by atoms with Gasteiger partial charge < -0.3 is 20.4 Å². The van der Waals surface area contributed by atoms with Crippen molar-refractivity contribution in [2.75, 3.05) is 24.3 Å². The molecule has 0 spiro atoms. The maximum Gasteiger partial charge on any atom is 0.0963 e. The van der Waals surface area contributed by atoms with E-state index in [1.165, 1.54) is 16.5 Å². The number of pyridine rings is 1. The normalized spacial score (nSPS) is 12.1. The van der Waals surface area contributed by atoms with Crippen LogP contribution in [0.5, 0.6) is 0 Å². The van der Waals surface area contributed by atoms with Crippen LogP contribution in [0.15, 0.2) is 73.1 Å². The average molecular weight is 386 g/mol. The molecule has 0 aliphatic rings. The predicted octanol–water partition coefficient (Wildman–Crippen LogP) is 5.67. The highest BCUT2D eigenvalue weighted by Gasteiger charge is 2.06. The van der Waals surface area contributed by atoms with Gasteiger partial charge >= 0.3 is 0 Å². The van der Waals surface area contributed by atoms with Crippen LogP contribution in [-0.4, -0.2) is 23.6 Å². The maximum absolute atomic E-state index is 5.34. The van der Waals surface area contributed by atoms with Gasteiger partial charge in [-0.05, 0) is 61.4 Å². The second-order valence-corrected chi connectivity index (χ2v) is 7.09. The molecule has 0 saturated carbocycles. The fraction of sp³-hybridized carbons (Fsp3) is 0.208. The van der Waals surface area contributed by atoms with Gasteiger partial charge in [-0.2, -0.15) is 0 Å². The molecular formula is C24H26N4O. The molecule has 0 aliphatic heterocycles. The molecule has 5 nitrogen and oxygen atoms in total. The molecule has 2 aromatic heterocycles. The molecule has 0 saturated heterocycles. The van der Waals surface area contributed by atoms with Gasteiger partial charge in [0.25, 0.3) is 0 Å². The number of aromatic nitrogens is 2. The Kier molecular flexibility index (Phi) is 5.77. The largest absolute Gasteiger partial charge is 0.385 e. The Labute approximate surface area is 171 Å². The molecule has 0 fully saturated rings. The van der Waals surface area contributed by atoms with E-state index in [1.807, 2.05) is 19.1 Å². The Morgan fingerprint density at radius 2 is 1.79 bits per heavy atom. The number of rotatable bonds is 8. The SMILES string of the molecule is CO[C@@H](C)c1cc(Nc2ccc(NCCc3c[nH]c4ccccc34)cc2)ccn1. The van der Waals surface area contributed by atoms with Crippen molar-refractivity contribution in [3.05, 3.63) is 84.3 Å². The lowest BCUT2D eigenvalue weighted by Gasteiger charge is -2.12. The summed E-state index contributed by atoms with van der Waals surface area (Å²) in [6, 6.07) is 20.7. The van der Waals surface area contributed by atoms with E-state index in [0.29, 0.717) is 0 Å². The third-order valence-electron chi connectivity index (χ3n) is 5.12. The lowest BCUT2D eigenvalue weighted by Crippen LogP contribution is -2.04. The van der Waals surface area contributed by atoms with Crippen molar-refractivity contribution in [1.29, 1.82) is 0 Å². The second-order valence-electron chi connectivity index (χ2n) is 7.09. The number of benzene rings is 2. The molecular weight excluding hydrogens is 360 g/mol. The second kappa shape index (κ2) is 8.80. The van der Waals surface area contributed by atoms with Crippen LogP contribution >= 0.6 is 0 Å². The zero-order valence-electron chi connectivity index (χ0n) is 16.8. The number of anilines is 3. The summed E-state index contributed by atoms with van der Waals surface area (Å²) in [7, 11) is 1.69. The average Bonchev–Trinajstić information content (AvgIpc) is 3.18. The molecule has 0 amide bonds. The van der Waals surface area contributed by atoms with Gasteiger partial charge in [0.05, 0.1) is 11.8 Å². The minimum atomic E-state index is -0.0273.